The standard InChI is InChI=1S/C21H19F2N3O2/c1-12(21-25-19(26-28-21)9-13-5-3-2-4-6-13)24-20(27)17-11-15(17)16-10-14(22)7-8-18(16)23/h2-8,10,12,15,17H,9,11H2,1H3,(H,24,27). The quantitative estimate of drug-likeness (QED) is 0.701. The van der Waals surface area contributed by atoms with E-state index in [4.69, 9.17) is 4.52 Å². The van der Waals surface area contributed by atoms with Crippen LogP contribution < -0.4 is 5.32 Å². The largest absolute Gasteiger partial charge is 0.344 e. The van der Waals surface area contributed by atoms with Crippen molar-refractivity contribution in [2.24, 2.45) is 5.92 Å². The molecule has 3 aromatic rings. The molecule has 1 aromatic heterocycles. The Labute approximate surface area is 160 Å². The molecular weight excluding hydrogens is 364 g/mol. The van der Waals surface area contributed by atoms with Crippen LogP contribution in [0.3, 0.4) is 0 Å². The second-order valence-electron chi connectivity index (χ2n) is 7.06. The van der Waals surface area contributed by atoms with Gasteiger partial charge in [-0.05, 0) is 48.6 Å². The van der Waals surface area contributed by atoms with Gasteiger partial charge in [-0.3, -0.25) is 4.79 Å². The molecule has 0 aliphatic heterocycles. The Hall–Kier alpha value is -3.09. The first-order valence-electron chi connectivity index (χ1n) is 9.13. The molecule has 1 N–H and O–H groups in total. The topological polar surface area (TPSA) is 68.0 Å². The van der Waals surface area contributed by atoms with E-state index in [0.717, 1.165) is 23.8 Å². The van der Waals surface area contributed by atoms with E-state index in [9.17, 15) is 13.6 Å². The molecule has 1 aliphatic carbocycles. The monoisotopic (exact) mass is 383 g/mol. The smallest absolute Gasteiger partial charge is 0.248 e. The molecule has 0 bridgehead atoms. The first kappa shape index (κ1) is 18.3. The van der Waals surface area contributed by atoms with Crippen molar-refractivity contribution in [1.29, 1.82) is 0 Å². The van der Waals surface area contributed by atoms with Gasteiger partial charge in [0.25, 0.3) is 0 Å². The van der Waals surface area contributed by atoms with E-state index in [0.29, 0.717) is 24.6 Å². The lowest BCUT2D eigenvalue weighted by atomic mass is 10.1. The van der Waals surface area contributed by atoms with E-state index >= 15 is 0 Å². The van der Waals surface area contributed by atoms with Crippen LogP contribution in [0.5, 0.6) is 0 Å². The SMILES string of the molecule is CC(NC(=O)C1CC1c1cc(F)ccc1F)c1nc(Cc2ccccc2)no1. The highest BCUT2D eigenvalue weighted by Crippen LogP contribution is 2.48. The van der Waals surface area contributed by atoms with E-state index < -0.39 is 17.7 Å². The van der Waals surface area contributed by atoms with Gasteiger partial charge in [-0.25, -0.2) is 8.78 Å². The van der Waals surface area contributed by atoms with Gasteiger partial charge in [-0.1, -0.05) is 35.5 Å². The van der Waals surface area contributed by atoms with E-state index in [1.54, 1.807) is 6.92 Å². The third kappa shape index (κ3) is 3.93. The van der Waals surface area contributed by atoms with Crippen molar-refractivity contribution < 1.29 is 18.1 Å². The minimum absolute atomic E-state index is 0.232. The van der Waals surface area contributed by atoms with Crippen LogP contribution in [0.25, 0.3) is 0 Å². The Balaban J connectivity index is 1.36. The molecule has 0 spiro atoms. The van der Waals surface area contributed by atoms with Gasteiger partial charge in [0.2, 0.25) is 11.8 Å². The van der Waals surface area contributed by atoms with Crippen molar-refractivity contribution in [2.45, 2.75) is 31.7 Å². The van der Waals surface area contributed by atoms with Crippen LogP contribution in [-0.4, -0.2) is 16.0 Å². The van der Waals surface area contributed by atoms with E-state index in [-0.39, 0.29) is 23.3 Å². The average molecular weight is 383 g/mol. The molecule has 4 rings (SSSR count). The van der Waals surface area contributed by atoms with E-state index in [1.165, 1.54) is 0 Å². The lowest BCUT2D eigenvalue weighted by Gasteiger charge is -2.09. The number of benzene rings is 2. The zero-order valence-electron chi connectivity index (χ0n) is 15.2. The van der Waals surface area contributed by atoms with Crippen molar-refractivity contribution >= 4 is 5.91 Å². The van der Waals surface area contributed by atoms with Crippen LogP contribution in [0.2, 0.25) is 0 Å². The summed E-state index contributed by atoms with van der Waals surface area (Å²) in [7, 11) is 0. The fraction of sp³-hybridized carbons (Fsp3) is 0.286. The third-order valence-corrected chi connectivity index (χ3v) is 4.90. The molecule has 3 unspecified atom stereocenters. The molecule has 144 valence electrons. The first-order chi connectivity index (χ1) is 13.5. The third-order valence-electron chi connectivity index (χ3n) is 4.90. The van der Waals surface area contributed by atoms with Gasteiger partial charge in [0.05, 0.1) is 0 Å². The van der Waals surface area contributed by atoms with Gasteiger partial charge in [0, 0.05) is 12.3 Å². The number of nitrogens with zero attached hydrogens (tertiary/aromatic N) is 2. The molecule has 0 saturated heterocycles. The van der Waals surface area contributed by atoms with Crippen molar-refractivity contribution in [2.75, 3.05) is 0 Å². The summed E-state index contributed by atoms with van der Waals surface area (Å²) in [5, 5.41) is 6.77. The second kappa shape index (κ2) is 7.50. The summed E-state index contributed by atoms with van der Waals surface area (Å²) < 4.78 is 32.5. The lowest BCUT2D eigenvalue weighted by molar-refractivity contribution is -0.123. The van der Waals surface area contributed by atoms with Crippen LogP contribution in [0.15, 0.2) is 53.1 Å². The second-order valence-corrected chi connectivity index (χ2v) is 7.06. The van der Waals surface area contributed by atoms with Crippen LogP contribution in [0, 0.1) is 17.6 Å². The Morgan fingerprint density at radius 3 is 2.82 bits per heavy atom. The van der Waals surface area contributed by atoms with Crippen LogP contribution >= 0.6 is 0 Å². The zero-order valence-corrected chi connectivity index (χ0v) is 15.2. The number of carbonyl (C=O) groups is 1. The molecule has 1 heterocycles. The summed E-state index contributed by atoms with van der Waals surface area (Å²) in [6, 6.07) is 12.6. The van der Waals surface area contributed by atoms with Crippen molar-refractivity contribution in [3.05, 3.63) is 83.0 Å². The number of carbonyl (C=O) groups excluding carboxylic acids is 1. The molecule has 7 heteroatoms. The minimum Gasteiger partial charge on any atom is -0.344 e. The number of aromatic nitrogens is 2. The molecule has 1 aliphatic rings. The van der Waals surface area contributed by atoms with Crippen LogP contribution in [-0.2, 0) is 11.2 Å². The van der Waals surface area contributed by atoms with Gasteiger partial charge in [-0.2, -0.15) is 4.98 Å². The van der Waals surface area contributed by atoms with Gasteiger partial charge < -0.3 is 9.84 Å². The summed E-state index contributed by atoms with van der Waals surface area (Å²) in [4.78, 5) is 16.8. The predicted octanol–water partition coefficient (Wildman–Crippen LogP) is 3.92. The van der Waals surface area contributed by atoms with Gasteiger partial charge in [-0.15, -0.1) is 0 Å². The van der Waals surface area contributed by atoms with Gasteiger partial charge >= 0.3 is 0 Å². The molecule has 28 heavy (non-hydrogen) atoms. The number of hydrogen-bond acceptors (Lipinski definition) is 4. The van der Waals surface area contributed by atoms with Crippen molar-refractivity contribution in [3.63, 3.8) is 0 Å². The number of rotatable bonds is 6. The Morgan fingerprint density at radius 1 is 1.25 bits per heavy atom. The number of hydrogen-bond donors (Lipinski definition) is 1. The van der Waals surface area contributed by atoms with Crippen LogP contribution in [0.1, 0.15) is 48.1 Å². The maximum absolute atomic E-state index is 13.9. The Bertz CT molecular complexity index is 990. The number of amides is 1. The van der Waals surface area contributed by atoms with E-state index in [1.807, 2.05) is 30.3 Å². The fourth-order valence-electron chi connectivity index (χ4n) is 3.30. The van der Waals surface area contributed by atoms with Gasteiger partial charge in [0.15, 0.2) is 5.82 Å². The fourth-order valence-corrected chi connectivity index (χ4v) is 3.30. The zero-order chi connectivity index (χ0) is 19.7. The van der Waals surface area contributed by atoms with Crippen molar-refractivity contribution in [3.8, 4) is 0 Å². The first-order valence-corrected chi connectivity index (χ1v) is 9.13. The van der Waals surface area contributed by atoms with E-state index in [2.05, 4.69) is 15.5 Å². The minimum atomic E-state index is -0.507. The molecule has 1 fully saturated rings. The summed E-state index contributed by atoms with van der Waals surface area (Å²) in [6.45, 7) is 1.75. The maximum Gasteiger partial charge on any atom is 0.248 e. The summed E-state index contributed by atoms with van der Waals surface area (Å²) in [5.74, 6) is -1.07. The molecule has 1 saturated carbocycles. The van der Waals surface area contributed by atoms with Crippen LogP contribution in [0.4, 0.5) is 8.78 Å². The highest BCUT2D eigenvalue weighted by atomic mass is 19.1. The summed E-state index contributed by atoms with van der Waals surface area (Å²) in [6.07, 6.45) is 1.02. The lowest BCUT2D eigenvalue weighted by Crippen LogP contribution is -2.28. The Morgan fingerprint density at radius 2 is 2.04 bits per heavy atom. The normalized spacial score (nSPS) is 19.2. The molecule has 1 amide bonds. The highest BCUT2D eigenvalue weighted by Gasteiger charge is 2.45. The number of halogens is 2. The highest BCUT2D eigenvalue weighted by molar-refractivity contribution is 5.83. The molecule has 5 nitrogen and oxygen atoms in total. The Kier molecular flexibility index (Phi) is 4.90. The van der Waals surface area contributed by atoms with Crippen molar-refractivity contribution in [1.82, 2.24) is 15.5 Å². The summed E-state index contributed by atoms with van der Waals surface area (Å²) >= 11 is 0. The van der Waals surface area contributed by atoms with Gasteiger partial charge in [0.1, 0.15) is 17.7 Å². The molecular formula is C21H19F2N3O2. The predicted molar refractivity (Wildman–Crippen MR) is 97.3 cm³/mol. The molecule has 0 radical (unpaired) electrons. The average Bonchev–Trinajstić information content (AvgIpc) is 3.35. The number of nitrogens with one attached hydrogen (secondary N) is 1. The molecule has 3 atom stereocenters. The summed E-state index contributed by atoms with van der Waals surface area (Å²) in [5.41, 5.74) is 1.31. The maximum atomic E-state index is 13.9. The molecule has 2 aromatic carbocycles.